The molecule has 0 fully saturated rings. The molecule has 106 valence electrons. The van der Waals surface area contributed by atoms with E-state index in [2.05, 4.69) is 10.3 Å². The number of amides is 1. The third-order valence-corrected chi connectivity index (χ3v) is 2.97. The standard InChI is InChI=1S/C15H19N3O2/c1-11-4-6-12(7-5-11)15-17-13(10-20-15)8-18(3)9-14(19)16-2/h4-7,10H,8-9H2,1-3H3,(H,16,19). The molecule has 0 radical (unpaired) electrons. The number of hydrogen-bond donors (Lipinski definition) is 1. The number of carbonyl (C=O) groups is 1. The molecule has 0 bridgehead atoms. The first-order valence-corrected chi connectivity index (χ1v) is 6.49. The Morgan fingerprint density at radius 3 is 2.70 bits per heavy atom. The second-order valence-electron chi connectivity index (χ2n) is 4.86. The highest BCUT2D eigenvalue weighted by molar-refractivity contribution is 5.77. The number of aryl methyl sites for hydroxylation is 1. The van der Waals surface area contributed by atoms with Crippen LogP contribution in [0.3, 0.4) is 0 Å². The van der Waals surface area contributed by atoms with E-state index in [0.29, 0.717) is 19.0 Å². The van der Waals surface area contributed by atoms with Gasteiger partial charge in [-0.1, -0.05) is 17.7 Å². The van der Waals surface area contributed by atoms with Gasteiger partial charge in [-0.25, -0.2) is 4.98 Å². The van der Waals surface area contributed by atoms with Gasteiger partial charge < -0.3 is 9.73 Å². The lowest BCUT2D eigenvalue weighted by atomic mass is 10.1. The van der Waals surface area contributed by atoms with E-state index >= 15 is 0 Å². The van der Waals surface area contributed by atoms with E-state index in [0.717, 1.165) is 11.3 Å². The number of oxazole rings is 1. The highest BCUT2D eigenvalue weighted by Gasteiger charge is 2.10. The first-order valence-electron chi connectivity index (χ1n) is 6.49. The van der Waals surface area contributed by atoms with Gasteiger partial charge in [0.2, 0.25) is 11.8 Å². The van der Waals surface area contributed by atoms with Gasteiger partial charge in [0, 0.05) is 19.2 Å². The molecular weight excluding hydrogens is 254 g/mol. The lowest BCUT2D eigenvalue weighted by Gasteiger charge is -2.13. The molecule has 0 spiro atoms. The van der Waals surface area contributed by atoms with Crippen molar-refractivity contribution in [3.63, 3.8) is 0 Å². The molecule has 1 N–H and O–H groups in total. The number of aromatic nitrogens is 1. The molecule has 0 saturated heterocycles. The molecule has 0 saturated carbocycles. The molecule has 1 aromatic heterocycles. The molecule has 0 aliphatic heterocycles. The fourth-order valence-electron chi connectivity index (χ4n) is 1.86. The highest BCUT2D eigenvalue weighted by Crippen LogP contribution is 2.19. The van der Waals surface area contributed by atoms with Gasteiger partial charge in [0.1, 0.15) is 6.26 Å². The minimum absolute atomic E-state index is 0.0187. The van der Waals surface area contributed by atoms with Crippen molar-refractivity contribution >= 4 is 5.91 Å². The molecule has 0 unspecified atom stereocenters. The van der Waals surface area contributed by atoms with Gasteiger partial charge in [-0.2, -0.15) is 0 Å². The fourth-order valence-corrected chi connectivity index (χ4v) is 1.86. The number of carbonyl (C=O) groups excluding carboxylic acids is 1. The Kier molecular flexibility index (Phi) is 4.53. The minimum atomic E-state index is -0.0187. The van der Waals surface area contributed by atoms with Gasteiger partial charge in [-0.05, 0) is 26.1 Å². The number of nitrogens with one attached hydrogen (secondary N) is 1. The number of nitrogens with zero attached hydrogens (tertiary/aromatic N) is 2. The summed E-state index contributed by atoms with van der Waals surface area (Å²) in [6, 6.07) is 8.02. The van der Waals surface area contributed by atoms with Gasteiger partial charge in [-0.15, -0.1) is 0 Å². The monoisotopic (exact) mass is 273 g/mol. The molecule has 1 amide bonds. The fraction of sp³-hybridized carbons (Fsp3) is 0.333. The quantitative estimate of drug-likeness (QED) is 0.903. The third-order valence-electron chi connectivity index (χ3n) is 2.97. The van der Waals surface area contributed by atoms with Crippen molar-refractivity contribution < 1.29 is 9.21 Å². The van der Waals surface area contributed by atoms with E-state index < -0.39 is 0 Å². The van der Waals surface area contributed by atoms with Crippen molar-refractivity contribution in [2.24, 2.45) is 0 Å². The van der Waals surface area contributed by atoms with Crippen LogP contribution < -0.4 is 5.32 Å². The second kappa shape index (κ2) is 6.34. The number of likely N-dealkylation sites (N-methyl/N-ethyl adjacent to an activating group) is 2. The summed E-state index contributed by atoms with van der Waals surface area (Å²) < 4.78 is 5.48. The van der Waals surface area contributed by atoms with E-state index in [1.165, 1.54) is 5.56 Å². The van der Waals surface area contributed by atoms with Crippen LogP contribution in [0.15, 0.2) is 34.9 Å². The van der Waals surface area contributed by atoms with E-state index in [-0.39, 0.29) is 5.91 Å². The van der Waals surface area contributed by atoms with Crippen LogP contribution in [0.1, 0.15) is 11.3 Å². The lowest BCUT2D eigenvalue weighted by Crippen LogP contribution is -2.32. The van der Waals surface area contributed by atoms with E-state index in [4.69, 9.17) is 4.42 Å². The zero-order valence-corrected chi connectivity index (χ0v) is 12.0. The van der Waals surface area contributed by atoms with Crippen LogP contribution in [0, 0.1) is 6.92 Å². The van der Waals surface area contributed by atoms with Crippen LogP contribution in [-0.4, -0.2) is 36.4 Å². The molecule has 20 heavy (non-hydrogen) atoms. The molecule has 5 heteroatoms. The summed E-state index contributed by atoms with van der Waals surface area (Å²) in [5.41, 5.74) is 2.97. The Morgan fingerprint density at radius 1 is 1.35 bits per heavy atom. The van der Waals surface area contributed by atoms with Crippen molar-refractivity contribution in [2.75, 3.05) is 20.6 Å². The molecule has 1 heterocycles. The van der Waals surface area contributed by atoms with Crippen molar-refractivity contribution in [3.8, 4) is 11.5 Å². The highest BCUT2D eigenvalue weighted by atomic mass is 16.3. The summed E-state index contributed by atoms with van der Waals surface area (Å²) in [7, 11) is 3.50. The van der Waals surface area contributed by atoms with E-state index in [9.17, 15) is 4.79 Å². The molecule has 0 aliphatic rings. The summed E-state index contributed by atoms with van der Waals surface area (Å²) in [5, 5.41) is 2.59. The first kappa shape index (κ1) is 14.3. The Labute approximate surface area is 118 Å². The molecule has 0 atom stereocenters. The Balaban J connectivity index is 2.02. The Bertz CT molecular complexity index is 575. The predicted molar refractivity (Wildman–Crippen MR) is 77.1 cm³/mol. The van der Waals surface area contributed by atoms with Gasteiger partial charge >= 0.3 is 0 Å². The molecular formula is C15H19N3O2. The number of hydrogen-bond acceptors (Lipinski definition) is 4. The molecule has 0 aliphatic carbocycles. The van der Waals surface area contributed by atoms with Gasteiger partial charge in [0.15, 0.2) is 0 Å². The predicted octanol–water partition coefficient (Wildman–Crippen LogP) is 1.83. The molecule has 1 aromatic carbocycles. The van der Waals surface area contributed by atoms with Crippen molar-refractivity contribution in [1.82, 2.24) is 15.2 Å². The zero-order chi connectivity index (χ0) is 14.5. The van der Waals surface area contributed by atoms with E-state index in [1.54, 1.807) is 13.3 Å². The molecule has 2 aromatic rings. The van der Waals surface area contributed by atoms with Crippen molar-refractivity contribution in [3.05, 3.63) is 41.8 Å². The number of rotatable bonds is 5. The van der Waals surface area contributed by atoms with Crippen LogP contribution in [0.5, 0.6) is 0 Å². The smallest absolute Gasteiger partial charge is 0.233 e. The Morgan fingerprint density at radius 2 is 2.05 bits per heavy atom. The largest absolute Gasteiger partial charge is 0.444 e. The maximum Gasteiger partial charge on any atom is 0.233 e. The SMILES string of the molecule is CNC(=O)CN(C)Cc1coc(-c2ccc(C)cc2)n1. The lowest BCUT2D eigenvalue weighted by molar-refractivity contribution is -0.121. The van der Waals surface area contributed by atoms with Crippen LogP contribution in [-0.2, 0) is 11.3 Å². The molecule has 2 rings (SSSR count). The average molecular weight is 273 g/mol. The van der Waals surface area contributed by atoms with E-state index in [1.807, 2.05) is 43.1 Å². The second-order valence-corrected chi connectivity index (χ2v) is 4.86. The van der Waals surface area contributed by atoms with Crippen molar-refractivity contribution in [2.45, 2.75) is 13.5 Å². The average Bonchev–Trinajstić information content (AvgIpc) is 2.87. The first-order chi connectivity index (χ1) is 9.58. The number of benzene rings is 1. The normalized spacial score (nSPS) is 10.8. The zero-order valence-electron chi connectivity index (χ0n) is 12.0. The summed E-state index contributed by atoms with van der Waals surface area (Å²) in [5.74, 6) is 0.586. The van der Waals surface area contributed by atoms with Crippen LogP contribution in [0.25, 0.3) is 11.5 Å². The third kappa shape index (κ3) is 3.68. The Hall–Kier alpha value is -2.14. The summed E-state index contributed by atoms with van der Waals surface area (Å²) in [4.78, 5) is 17.6. The van der Waals surface area contributed by atoms with Crippen LogP contribution >= 0.6 is 0 Å². The summed E-state index contributed by atoms with van der Waals surface area (Å²) >= 11 is 0. The topological polar surface area (TPSA) is 58.4 Å². The maximum atomic E-state index is 11.3. The summed E-state index contributed by atoms with van der Waals surface area (Å²) in [6.45, 7) is 2.95. The molecule has 5 nitrogen and oxygen atoms in total. The summed E-state index contributed by atoms with van der Waals surface area (Å²) in [6.07, 6.45) is 1.63. The van der Waals surface area contributed by atoms with Crippen LogP contribution in [0.2, 0.25) is 0 Å². The van der Waals surface area contributed by atoms with Gasteiger partial charge in [0.05, 0.1) is 12.2 Å². The van der Waals surface area contributed by atoms with Crippen molar-refractivity contribution in [1.29, 1.82) is 0 Å². The van der Waals surface area contributed by atoms with Crippen LogP contribution in [0.4, 0.5) is 0 Å². The van der Waals surface area contributed by atoms with Gasteiger partial charge in [0.25, 0.3) is 0 Å². The van der Waals surface area contributed by atoms with Gasteiger partial charge in [-0.3, -0.25) is 9.69 Å². The maximum absolute atomic E-state index is 11.3. The minimum Gasteiger partial charge on any atom is -0.444 e.